The molecule has 1 saturated heterocycles. The quantitative estimate of drug-likeness (QED) is 0.384. The largest absolute Gasteiger partial charge is 0.340 e. The van der Waals surface area contributed by atoms with Gasteiger partial charge in [-0.05, 0) is 63.4 Å². The number of hydrogen-bond donors (Lipinski definition) is 1. The van der Waals surface area contributed by atoms with E-state index in [1.807, 2.05) is 56.9 Å². The van der Waals surface area contributed by atoms with E-state index in [0.29, 0.717) is 17.8 Å². The number of nitrogens with zero attached hydrogens (tertiary/aromatic N) is 5. The molecule has 0 bridgehead atoms. The third kappa shape index (κ3) is 4.08. The van der Waals surface area contributed by atoms with Gasteiger partial charge >= 0.3 is 0 Å². The fourth-order valence-corrected chi connectivity index (χ4v) is 5.09. The van der Waals surface area contributed by atoms with Gasteiger partial charge in [-0.15, -0.1) is 0 Å². The first kappa shape index (κ1) is 23.2. The fourth-order valence-electron chi connectivity index (χ4n) is 4.52. The highest BCUT2D eigenvalue weighted by Crippen LogP contribution is 2.40. The monoisotopic (exact) mass is 508 g/mol. The molecular weight excluding hydrogens is 480 g/mol. The molecular formula is C25H29BrN6O. The molecule has 0 spiro atoms. The molecule has 0 saturated carbocycles. The summed E-state index contributed by atoms with van der Waals surface area (Å²) in [4.78, 5) is 25.7. The lowest BCUT2D eigenvalue weighted by molar-refractivity contribution is 0.0605. The number of H-pyrrole nitrogens is 1. The second-order valence-electron chi connectivity index (χ2n) is 8.38. The van der Waals surface area contributed by atoms with Crippen LogP contribution < -0.4 is 0 Å². The van der Waals surface area contributed by atoms with Crippen LogP contribution in [0.3, 0.4) is 0 Å². The Bertz CT molecular complexity index is 1300. The Labute approximate surface area is 202 Å². The standard InChI is InChI=1S/C23H23BrN6O.C2H6/c1-14-5-6-19(30-25-8-9-26-30)17(11-14)21(31)29-10-4-7-23(29,3)22-27-18-13-16(24)12-15(2)20(18)28-22;1-2/h5-6,8-9,11-13H,4,7,10H2,1-3H3,(H,27,28);1-2H3/t23-;/m0./s1. The Morgan fingerprint density at radius 1 is 1.12 bits per heavy atom. The molecule has 1 fully saturated rings. The third-order valence-electron chi connectivity index (χ3n) is 6.15. The van der Waals surface area contributed by atoms with Gasteiger partial charge in [0.1, 0.15) is 5.82 Å². The van der Waals surface area contributed by atoms with Crippen LogP contribution in [0.4, 0.5) is 0 Å². The van der Waals surface area contributed by atoms with E-state index in [2.05, 4.69) is 44.1 Å². The first-order chi connectivity index (χ1) is 15.9. The number of nitrogens with one attached hydrogen (secondary N) is 1. The Kier molecular flexibility index (Phi) is 6.38. The van der Waals surface area contributed by atoms with Gasteiger partial charge in [0.2, 0.25) is 0 Å². The molecule has 4 aromatic rings. The summed E-state index contributed by atoms with van der Waals surface area (Å²) in [6.07, 6.45) is 5.00. The molecule has 1 N–H and O–H groups in total. The van der Waals surface area contributed by atoms with Crippen molar-refractivity contribution in [3.8, 4) is 5.69 Å². The van der Waals surface area contributed by atoms with E-state index in [4.69, 9.17) is 4.98 Å². The first-order valence-corrected chi connectivity index (χ1v) is 12.1. The number of halogens is 1. The van der Waals surface area contributed by atoms with Crippen LogP contribution in [0.5, 0.6) is 0 Å². The summed E-state index contributed by atoms with van der Waals surface area (Å²) in [7, 11) is 0. The molecule has 1 aliphatic rings. The van der Waals surface area contributed by atoms with Crippen LogP contribution in [0.1, 0.15) is 60.9 Å². The summed E-state index contributed by atoms with van der Waals surface area (Å²) in [6, 6.07) is 9.88. The molecule has 2 aromatic carbocycles. The smallest absolute Gasteiger partial charge is 0.256 e. The molecule has 2 aromatic heterocycles. The lowest BCUT2D eigenvalue weighted by Gasteiger charge is -2.34. The number of carbonyl (C=O) groups excluding carboxylic acids is 1. The molecule has 8 heteroatoms. The molecule has 7 nitrogen and oxygen atoms in total. The zero-order valence-electron chi connectivity index (χ0n) is 19.7. The molecule has 3 heterocycles. The van der Waals surface area contributed by atoms with Crippen molar-refractivity contribution in [3.05, 3.63) is 69.7 Å². The predicted molar refractivity (Wildman–Crippen MR) is 134 cm³/mol. The van der Waals surface area contributed by atoms with Gasteiger partial charge in [0.25, 0.3) is 5.91 Å². The SMILES string of the molecule is CC.Cc1ccc(-n2nccn2)c(C(=O)N2CCC[C@@]2(C)c2nc3c(C)cc(Br)cc3[nH]2)c1. The van der Waals surface area contributed by atoms with Crippen molar-refractivity contribution in [2.45, 2.75) is 53.0 Å². The van der Waals surface area contributed by atoms with Gasteiger partial charge in [0, 0.05) is 11.0 Å². The number of rotatable bonds is 3. The van der Waals surface area contributed by atoms with Crippen LogP contribution in [0.25, 0.3) is 16.7 Å². The fraction of sp³-hybridized carbons (Fsp3) is 0.360. The molecule has 0 radical (unpaired) electrons. The van der Waals surface area contributed by atoms with Crippen molar-refractivity contribution >= 4 is 32.9 Å². The molecule has 1 amide bonds. The third-order valence-corrected chi connectivity index (χ3v) is 6.61. The summed E-state index contributed by atoms with van der Waals surface area (Å²) >= 11 is 3.56. The van der Waals surface area contributed by atoms with E-state index in [-0.39, 0.29) is 5.91 Å². The average Bonchev–Trinajstić information content (AvgIpc) is 3.54. The average molecular weight is 509 g/mol. The van der Waals surface area contributed by atoms with E-state index in [1.165, 1.54) is 4.80 Å². The van der Waals surface area contributed by atoms with Crippen molar-refractivity contribution in [3.63, 3.8) is 0 Å². The number of carbonyl (C=O) groups is 1. The van der Waals surface area contributed by atoms with Crippen molar-refractivity contribution in [1.82, 2.24) is 29.9 Å². The maximum atomic E-state index is 13.8. The summed E-state index contributed by atoms with van der Waals surface area (Å²) in [6.45, 7) is 10.8. The number of imidazole rings is 1. The number of aryl methyl sites for hydroxylation is 2. The van der Waals surface area contributed by atoms with Gasteiger partial charge in [0.05, 0.1) is 40.2 Å². The molecule has 33 heavy (non-hydrogen) atoms. The van der Waals surface area contributed by atoms with Gasteiger partial charge in [0.15, 0.2) is 0 Å². The molecule has 1 aliphatic heterocycles. The van der Waals surface area contributed by atoms with E-state index in [1.54, 1.807) is 12.4 Å². The molecule has 5 rings (SSSR count). The minimum absolute atomic E-state index is 0.0330. The number of likely N-dealkylation sites (tertiary alicyclic amines) is 1. The Hall–Kier alpha value is -3.00. The molecule has 0 unspecified atom stereocenters. The zero-order valence-corrected chi connectivity index (χ0v) is 21.3. The molecule has 0 aliphatic carbocycles. The second-order valence-corrected chi connectivity index (χ2v) is 9.29. The lowest BCUT2D eigenvalue weighted by Crippen LogP contribution is -2.44. The summed E-state index contributed by atoms with van der Waals surface area (Å²) in [5.74, 6) is 0.787. The van der Waals surface area contributed by atoms with Crippen molar-refractivity contribution in [2.75, 3.05) is 6.54 Å². The Balaban J connectivity index is 0.00000126. The van der Waals surface area contributed by atoms with Crippen molar-refractivity contribution < 1.29 is 4.79 Å². The normalized spacial score (nSPS) is 17.8. The molecule has 1 atom stereocenters. The van der Waals surface area contributed by atoms with Crippen LogP contribution in [0.2, 0.25) is 0 Å². The molecule has 172 valence electrons. The number of aromatic nitrogens is 5. The lowest BCUT2D eigenvalue weighted by atomic mass is 9.96. The van der Waals surface area contributed by atoms with Crippen LogP contribution >= 0.6 is 15.9 Å². The number of benzene rings is 2. The van der Waals surface area contributed by atoms with Gasteiger partial charge in [-0.1, -0.05) is 41.4 Å². The van der Waals surface area contributed by atoms with Crippen LogP contribution in [-0.4, -0.2) is 42.3 Å². The number of fused-ring (bicyclic) bond motifs is 1. The van der Waals surface area contributed by atoms with Gasteiger partial charge in [-0.25, -0.2) is 4.98 Å². The highest BCUT2D eigenvalue weighted by molar-refractivity contribution is 9.10. The Morgan fingerprint density at radius 3 is 2.58 bits per heavy atom. The highest BCUT2D eigenvalue weighted by Gasteiger charge is 2.44. The van der Waals surface area contributed by atoms with Gasteiger partial charge in [-0.3, -0.25) is 4.79 Å². The topological polar surface area (TPSA) is 79.7 Å². The maximum absolute atomic E-state index is 13.8. The van der Waals surface area contributed by atoms with Crippen LogP contribution in [0.15, 0.2) is 47.2 Å². The highest BCUT2D eigenvalue weighted by atomic mass is 79.9. The maximum Gasteiger partial charge on any atom is 0.256 e. The van der Waals surface area contributed by atoms with Gasteiger partial charge in [-0.2, -0.15) is 15.0 Å². The zero-order chi connectivity index (χ0) is 23.8. The minimum atomic E-state index is -0.520. The Morgan fingerprint density at radius 2 is 1.85 bits per heavy atom. The summed E-state index contributed by atoms with van der Waals surface area (Å²) < 4.78 is 1.01. The number of aromatic amines is 1. The van der Waals surface area contributed by atoms with E-state index in [9.17, 15) is 4.79 Å². The minimum Gasteiger partial charge on any atom is -0.340 e. The van der Waals surface area contributed by atoms with E-state index < -0.39 is 5.54 Å². The second kappa shape index (κ2) is 9.09. The number of hydrogen-bond acceptors (Lipinski definition) is 4. The number of amides is 1. The van der Waals surface area contributed by atoms with E-state index >= 15 is 0 Å². The van der Waals surface area contributed by atoms with E-state index in [0.717, 1.165) is 45.3 Å². The van der Waals surface area contributed by atoms with Crippen molar-refractivity contribution in [1.29, 1.82) is 0 Å². The van der Waals surface area contributed by atoms with Crippen LogP contribution in [-0.2, 0) is 5.54 Å². The van der Waals surface area contributed by atoms with Crippen molar-refractivity contribution in [2.24, 2.45) is 0 Å². The predicted octanol–water partition coefficient (Wildman–Crippen LogP) is 5.70. The first-order valence-electron chi connectivity index (χ1n) is 11.3. The summed E-state index contributed by atoms with van der Waals surface area (Å²) in [5, 5.41) is 8.48. The van der Waals surface area contributed by atoms with Crippen LogP contribution in [0, 0.1) is 13.8 Å². The summed E-state index contributed by atoms with van der Waals surface area (Å²) in [5.41, 5.74) is 4.78. The van der Waals surface area contributed by atoms with Gasteiger partial charge < -0.3 is 9.88 Å².